The summed E-state index contributed by atoms with van der Waals surface area (Å²) in [6, 6.07) is 22.7. The summed E-state index contributed by atoms with van der Waals surface area (Å²) in [6.07, 6.45) is 0. The molecule has 0 aromatic heterocycles. The van der Waals surface area contributed by atoms with Crippen LogP contribution in [-0.4, -0.2) is 29.9 Å². The Balaban J connectivity index is 1.61. The molecule has 4 rings (SSSR count). The molecule has 0 amide bonds. The molecule has 8 heteroatoms. The molecule has 148 valence electrons. The molecule has 1 saturated heterocycles. The highest BCUT2D eigenvalue weighted by atomic mass is 32.2. The Hall–Kier alpha value is -2.68. The molecule has 0 aliphatic carbocycles. The molecule has 0 radical (unpaired) electrons. The van der Waals surface area contributed by atoms with Crippen molar-refractivity contribution in [3.05, 3.63) is 94.5 Å². The standard InChI is InChI=1S/C21H18N2O4S2/c24-23(25)19-10-6-18(7-11-19)21-22(14-15-28-21)29(26,27)20-12-8-17(9-13-20)16-4-2-1-3-5-16/h1-13,21H,14-15H2/t21-/m1/s1. The summed E-state index contributed by atoms with van der Waals surface area (Å²) in [5, 5.41) is 10.5. The number of nitro benzene ring substituents is 1. The van der Waals surface area contributed by atoms with Gasteiger partial charge in [-0.1, -0.05) is 42.5 Å². The second-order valence-electron chi connectivity index (χ2n) is 6.58. The van der Waals surface area contributed by atoms with E-state index in [1.165, 1.54) is 28.2 Å². The number of hydrogen-bond donors (Lipinski definition) is 0. The van der Waals surface area contributed by atoms with Gasteiger partial charge in [-0.25, -0.2) is 8.42 Å². The van der Waals surface area contributed by atoms with Crippen LogP contribution >= 0.6 is 11.8 Å². The third kappa shape index (κ3) is 3.91. The lowest BCUT2D eigenvalue weighted by Gasteiger charge is -2.23. The lowest BCUT2D eigenvalue weighted by molar-refractivity contribution is -0.384. The number of thioether (sulfide) groups is 1. The molecular weight excluding hydrogens is 408 g/mol. The Bertz CT molecular complexity index is 1120. The van der Waals surface area contributed by atoms with E-state index in [2.05, 4.69) is 0 Å². The first-order chi connectivity index (χ1) is 14.0. The zero-order valence-corrected chi connectivity index (χ0v) is 17.0. The lowest BCUT2D eigenvalue weighted by Crippen LogP contribution is -2.30. The van der Waals surface area contributed by atoms with Crippen molar-refractivity contribution in [2.45, 2.75) is 10.3 Å². The summed E-state index contributed by atoms with van der Waals surface area (Å²) in [5.74, 6) is 0.670. The van der Waals surface area contributed by atoms with Crippen molar-refractivity contribution in [3.8, 4) is 11.1 Å². The van der Waals surface area contributed by atoms with Gasteiger partial charge in [-0.3, -0.25) is 10.1 Å². The summed E-state index contributed by atoms with van der Waals surface area (Å²) in [4.78, 5) is 10.6. The third-order valence-corrected chi connectivity index (χ3v) is 8.08. The van der Waals surface area contributed by atoms with E-state index in [1.54, 1.807) is 24.3 Å². The number of nitro groups is 1. The Kier molecular flexibility index (Phi) is 5.40. The van der Waals surface area contributed by atoms with Gasteiger partial charge in [-0.2, -0.15) is 4.31 Å². The normalized spacial score (nSPS) is 17.3. The zero-order valence-electron chi connectivity index (χ0n) is 15.3. The molecule has 6 nitrogen and oxygen atoms in total. The maximum atomic E-state index is 13.2. The molecule has 1 aliphatic heterocycles. The molecule has 1 fully saturated rings. The van der Waals surface area contributed by atoms with Crippen LogP contribution in [0.1, 0.15) is 10.9 Å². The van der Waals surface area contributed by atoms with E-state index in [9.17, 15) is 18.5 Å². The Labute approximate surface area is 173 Å². The quantitative estimate of drug-likeness (QED) is 0.436. The van der Waals surface area contributed by atoms with Gasteiger partial charge in [0.1, 0.15) is 0 Å². The van der Waals surface area contributed by atoms with E-state index in [1.807, 2.05) is 42.5 Å². The third-order valence-electron chi connectivity index (χ3n) is 4.81. The maximum Gasteiger partial charge on any atom is 0.269 e. The van der Waals surface area contributed by atoms with Crippen LogP contribution < -0.4 is 0 Å². The monoisotopic (exact) mass is 426 g/mol. The summed E-state index contributed by atoms with van der Waals surface area (Å²) in [7, 11) is -3.68. The minimum absolute atomic E-state index is 0.0114. The van der Waals surface area contributed by atoms with Crippen LogP contribution in [0.2, 0.25) is 0 Å². The van der Waals surface area contributed by atoms with E-state index in [-0.39, 0.29) is 10.6 Å². The number of benzene rings is 3. The van der Waals surface area contributed by atoms with Crippen molar-refractivity contribution in [1.82, 2.24) is 4.31 Å². The molecule has 0 spiro atoms. The van der Waals surface area contributed by atoms with E-state index in [0.717, 1.165) is 16.7 Å². The molecule has 3 aromatic carbocycles. The van der Waals surface area contributed by atoms with Gasteiger partial charge in [-0.15, -0.1) is 11.8 Å². The fraction of sp³-hybridized carbons (Fsp3) is 0.143. The highest BCUT2D eigenvalue weighted by Crippen LogP contribution is 2.41. The van der Waals surface area contributed by atoms with E-state index < -0.39 is 20.3 Å². The molecule has 1 heterocycles. The largest absolute Gasteiger partial charge is 0.269 e. The molecule has 29 heavy (non-hydrogen) atoms. The Morgan fingerprint density at radius 3 is 2.14 bits per heavy atom. The second kappa shape index (κ2) is 7.98. The van der Waals surface area contributed by atoms with Gasteiger partial charge in [0.15, 0.2) is 0 Å². The van der Waals surface area contributed by atoms with Crippen LogP contribution in [-0.2, 0) is 10.0 Å². The van der Waals surface area contributed by atoms with Gasteiger partial charge in [0, 0.05) is 24.4 Å². The molecule has 3 aromatic rings. The van der Waals surface area contributed by atoms with Crippen LogP contribution in [0, 0.1) is 10.1 Å². The average Bonchev–Trinajstić information content (AvgIpc) is 3.25. The van der Waals surface area contributed by atoms with Gasteiger partial charge in [-0.05, 0) is 41.0 Å². The average molecular weight is 427 g/mol. The molecular formula is C21H18N2O4S2. The highest BCUT2D eigenvalue weighted by Gasteiger charge is 2.37. The topological polar surface area (TPSA) is 80.5 Å². The number of non-ortho nitro benzene ring substituents is 1. The van der Waals surface area contributed by atoms with E-state index in [4.69, 9.17) is 0 Å². The predicted octanol–water partition coefficient (Wildman–Crippen LogP) is 4.70. The highest BCUT2D eigenvalue weighted by molar-refractivity contribution is 8.01. The van der Waals surface area contributed by atoms with Crippen LogP contribution in [0.5, 0.6) is 0 Å². The Morgan fingerprint density at radius 1 is 0.897 bits per heavy atom. The van der Waals surface area contributed by atoms with Crippen LogP contribution in [0.15, 0.2) is 83.8 Å². The summed E-state index contributed by atoms with van der Waals surface area (Å²) in [6.45, 7) is 0.398. The molecule has 0 bridgehead atoms. The van der Waals surface area contributed by atoms with Crippen LogP contribution in [0.4, 0.5) is 5.69 Å². The summed E-state index contributed by atoms with van der Waals surface area (Å²) in [5.41, 5.74) is 2.70. The van der Waals surface area contributed by atoms with Crippen molar-refractivity contribution < 1.29 is 13.3 Å². The lowest BCUT2D eigenvalue weighted by atomic mass is 10.1. The number of rotatable bonds is 5. The summed E-state index contributed by atoms with van der Waals surface area (Å²) < 4.78 is 28.0. The van der Waals surface area contributed by atoms with Crippen molar-refractivity contribution in [2.75, 3.05) is 12.3 Å². The van der Waals surface area contributed by atoms with Crippen molar-refractivity contribution in [3.63, 3.8) is 0 Å². The second-order valence-corrected chi connectivity index (χ2v) is 9.66. The first-order valence-electron chi connectivity index (χ1n) is 9.00. The SMILES string of the molecule is O=[N+]([O-])c1ccc([C@H]2SCCN2S(=O)(=O)c2ccc(-c3ccccc3)cc2)cc1. The number of nitrogens with zero attached hydrogens (tertiary/aromatic N) is 2. The molecule has 1 aliphatic rings. The van der Waals surface area contributed by atoms with Gasteiger partial charge in [0.25, 0.3) is 5.69 Å². The van der Waals surface area contributed by atoms with Gasteiger partial charge < -0.3 is 0 Å². The molecule has 0 unspecified atom stereocenters. The minimum atomic E-state index is -3.68. The van der Waals surface area contributed by atoms with E-state index in [0.29, 0.717) is 12.3 Å². The fourth-order valence-corrected chi connectivity index (χ4v) is 6.55. The van der Waals surface area contributed by atoms with Gasteiger partial charge in [0.2, 0.25) is 10.0 Å². The van der Waals surface area contributed by atoms with Gasteiger partial charge >= 0.3 is 0 Å². The Morgan fingerprint density at radius 2 is 1.52 bits per heavy atom. The molecule has 1 atom stereocenters. The maximum absolute atomic E-state index is 13.2. The zero-order chi connectivity index (χ0) is 20.4. The van der Waals surface area contributed by atoms with Crippen molar-refractivity contribution in [1.29, 1.82) is 0 Å². The summed E-state index contributed by atoms with van der Waals surface area (Å²) >= 11 is 1.52. The first-order valence-corrected chi connectivity index (χ1v) is 11.5. The first kappa shape index (κ1) is 19.6. The van der Waals surface area contributed by atoms with Gasteiger partial charge in [0.05, 0.1) is 15.2 Å². The van der Waals surface area contributed by atoms with Crippen LogP contribution in [0.3, 0.4) is 0 Å². The number of hydrogen-bond acceptors (Lipinski definition) is 5. The number of sulfonamides is 1. The fourth-order valence-electron chi connectivity index (χ4n) is 3.31. The van der Waals surface area contributed by atoms with E-state index >= 15 is 0 Å². The smallest absolute Gasteiger partial charge is 0.258 e. The van der Waals surface area contributed by atoms with Crippen LogP contribution in [0.25, 0.3) is 11.1 Å². The predicted molar refractivity (Wildman–Crippen MR) is 114 cm³/mol. The van der Waals surface area contributed by atoms with Crippen molar-refractivity contribution >= 4 is 27.5 Å². The molecule has 0 N–H and O–H groups in total. The van der Waals surface area contributed by atoms with Crippen molar-refractivity contribution in [2.24, 2.45) is 0 Å². The molecule has 0 saturated carbocycles. The minimum Gasteiger partial charge on any atom is -0.258 e.